The molecular formula is C13H17FN4O. The van der Waals surface area contributed by atoms with Crippen LogP contribution in [0.1, 0.15) is 17.2 Å². The van der Waals surface area contributed by atoms with Crippen molar-refractivity contribution in [1.29, 1.82) is 0 Å². The second kappa shape index (κ2) is 5.79. The molecule has 0 saturated heterocycles. The van der Waals surface area contributed by atoms with Gasteiger partial charge in [0, 0.05) is 19.7 Å². The highest BCUT2D eigenvalue weighted by Gasteiger charge is 2.07. The van der Waals surface area contributed by atoms with E-state index in [2.05, 4.69) is 15.5 Å². The average molecular weight is 264 g/mol. The van der Waals surface area contributed by atoms with Crippen molar-refractivity contribution in [2.75, 3.05) is 7.05 Å². The van der Waals surface area contributed by atoms with E-state index in [1.807, 2.05) is 31.7 Å². The molecule has 102 valence electrons. The highest BCUT2D eigenvalue weighted by atomic mass is 19.1. The average Bonchev–Trinajstić information content (AvgIpc) is 2.67. The Labute approximate surface area is 111 Å². The zero-order chi connectivity index (χ0) is 13.8. The molecule has 2 rings (SSSR count). The summed E-state index contributed by atoms with van der Waals surface area (Å²) >= 11 is 0. The summed E-state index contributed by atoms with van der Waals surface area (Å²) in [7, 11) is 3.68. The molecule has 5 nitrogen and oxygen atoms in total. The van der Waals surface area contributed by atoms with Crippen LogP contribution in [0, 0.1) is 12.7 Å². The van der Waals surface area contributed by atoms with Gasteiger partial charge in [0.25, 0.3) is 0 Å². The number of halogens is 1. The van der Waals surface area contributed by atoms with Gasteiger partial charge in [-0.3, -0.25) is 0 Å². The first-order chi connectivity index (χ1) is 9.10. The Balaban J connectivity index is 2.08. The number of hydrogen-bond donors (Lipinski definition) is 1. The fraction of sp³-hybridized carbons (Fsp3) is 0.385. The molecule has 0 fully saturated rings. The van der Waals surface area contributed by atoms with Crippen LogP contribution in [0.25, 0.3) is 0 Å². The molecule has 0 amide bonds. The van der Waals surface area contributed by atoms with Gasteiger partial charge in [0.05, 0.1) is 0 Å². The number of rotatable bonds is 5. The number of aromatic nitrogens is 3. The minimum absolute atomic E-state index is 0.264. The highest BCUT2D eigenvalue weighted by Crippen LogP contribution is 2.17. The molecule has 0 aliphatic heterocycles. The van der Waals surface area contributed by atoms with E-state index in [-0.39, 0.29) is 12.4 Å². The lowest BCUT2D eigenvalue weighted by Crippen LogP contribution is -2.07. The lowest BCUT2D eigenvalue weighted by molar-refractivity contribution is 0.289. The monoisotopic (exact) mass is 264 g/mol. The Morgan fingerprint density at radius 3 is 2.74 bits per heavy atom. The van der Waals surface area contributed by atoms with Gasteiger partial charge in [-0.05, 0) is 31.7 Å². The van der Waals surface area contributed by atoms with Crippen LogP contribution in [0.3, 0.4) is 0 Å². The normalized spacial score (nSPS) is 10.7. The lowest BCUT2D eigenvalue weighted by atomic mass is 10.2. The molecule has 0 radical (unpaired) electrons. The summed E-state index contributed by atoms with van der Waals surface area (Å²) in [5.41, 5.74) is 0.839. The molecule has 0 aliphatic rings. The molecule has 1 aromatic carbocycles. The molecule has 6 heteroatoms. The fourth-order valence-corrected chi connectivity index (χ4v) is 1.73. The van der Waals surface area contributed by atoms with Crippen LogP contribution in [0.15, 0.2) is 18.2 Å². The Morgan fingerprint density at radius 1 is 1.32 bits per heavy atom. The Morgan fingerprint density at radius 2 is 2.11 bits per heavy atom. The van der Waals surface area contributed by atoms with Crippen molar-refractivity contribution in [3.05, 3.63) is 41.2 Å². The van der Waals surface area contributed by atoms with Crippen LogP contribution in [-0.2, 0) is 20.2 Å². The standard InChI is InChI=1S/C13H17FN4O/c1-9-16-17-13(18(9)3)8-19-12-5-10(7-15-2)4-11(14)6-12/h4-6,15H,7-8H2,1-3H3. The molecule has 0 spiro atoms. The Kier molecular flexibility index (Phi) is 4.11. The Hall–Kier alpha value is -1.95. The van der Waals surface area contributed by atoms with Crippen molar-refractivity contribution in [3.63, 3.8) is 0 Å². The van der Waals surface area contributed by atoms with Gasteiger partial charge in [0.2, 0.25) is 0 Å². The first-order valence-corrected chi connectivity index (χ1v) is 6.02. The van der Waals surface area contributed by atoms with Crippen molar-refractivity contribution in [1.82, 2.24) is 20.1 Å². The molecule has 0 atom stereocenters. The zero-order valence-electron chi connectivity index (χ0n) is 11.3. The maximum atomic E-state index is 13.4. The van der Waals surface area contributed by atoms with Gasteiger partial charge in [-0.1, -0.05) is 0 Å². The number of aryl methyl sites for hydroxylation is 1. The minimum atomic E-state index is -0.308. The van der Waals surface area contributed by atoms with Crippen LogP contribution >= 0.6 is 0 Å². The molecule has 0 bridgehead atoms. The van der Waals surface area contributed by atoms with Crippen LogP contribution in [0.4, 0.5) is 4.39 Å². The summed E-state index contributed by atoms with van der Waals surface area (Å²) in [4.78, 5) is 0. The van der Waals surface area contributed by atoms with Gasteiger partial charge < -0.3 is 14.6 Å². The predicted molar refractivity (Wildman–Crippen MR) is 69.2 cm³/mol. The van der Waals surface area contributed by atoms with Gasteiger partial charge >= 0.3 is 0 Å². The molecule has 1 heterocycles. The summed E-state index contributed by atoms with van der Waals surface area (Å²) < 4.78 is 20.8. The summed E-state index contributed by atoms with van der Waals surface area (Å²) in [6.07, 6.45) is 0. The van der Waals surface area contributed by atoms with Crippen LogP contribution in [0.5, 0.6) is 5.75 Å². The molecule has 0 unspecified atom stereocenters. The first-order valence-electron chi connectivity index (χ1n) is 6.02. The van der Waals surface area contributed by atoms with E-state index in [0.29, 0.717) is 18.1 Å². The van der Waals surface area contributed by atoms with Crippen LogP contribution in [0.2, 0.25) is 0 Å². The molecule has 0 saturated carbocycles. The van der Waals surface area contributed by atoms with Gasteiger partial charge in [-0.15, -0.1) is 10.2 Å². The number of ether oxygens (including phenoxy) is 1. The molecular weight excluding hydrogens is 247 g/mol. The van der Waals surface area contributed by atoms with E-state index in [1.165, 1.54) is 12.1 Å². The quantitative estimate of drug-likeness (QED) is 0.890. The molecule has 2 aromatic rings. The van der Waals surface area contributed by atoms with Crippen molar-refractivity contribution in [2.45, 2.75) is 20.1 Å². The third kappa shape index (κ3) is 3.29. The third-order valence-corrected chi connectivity index (χ3v) is 2.86. The smallest absolute Gasteiger partial charge is 0.170 e. The van der Waals surface area contributed by atoms with Crippen molar-refractivity contribution < 1.29 is 9.13 Å². The second-order valence-corrected chi connectivity index (χ2v) is 4.34. The number of hydrogen-bond acceptors (Lipinski definition) is 4. The lowest BCUT2D eigenvalue weighted by Gasteiger charge is -2.08. The third-order valence-electron chi connectivity index (χ3n) is 2.86. The van der Waals surface area contributed by atoms with Gasteiger partial charge in [-0.2, -0.15) is 0 Å². The van der Waals surface area contributed by atoms with Crippen LogP contribution < -0.4 is 10.1 Å². The molecule has 0 aliphatic carbocycles. The van der Waals surface area contributed by atoms with E-state index >= 15 is 0 Å². The predicted octanol–water partition coefficient (Wildman–Crippen LogP) is 1.56. The van der Waals surface area contributed by atoms with Crippen molar-refractivity contribution >= 4 is 0 Å². The molecule has 19 heavy (non-hydrogen) atoms. The van der Waals surface area contributed by atoms with E-state index in [4.69, 9.17) is 4.74 Å². The maximum Gasteiger partial charge on any atom is 0.170 e. The SMILES string of the molecule is CNCc1cc(F)cc(OCc2nnc(C)n2C)c1. The molecule has 1 N–H and O–H groups in total. The van der Waals surface area contributed by atoms with Gasteiger partial charge in [0.1, 0.15) is 24.0 Å². The summed E-state index contributed by atoms with van der Waals surface area (Å²) in [5, 5.41) is 10.9. The second-order valence-electron chi connectivity index (χ2n) is 4.34. The first kappa shape index (κ1) is 13.5. The Bertz CT molecular complexity index is 568. The van der Waals surface area contributed by atoms with Crippen molar-refractivity contribution in [2.24, 2.45) is 7.05 Å². The highest BCUT2D eigenvalue weighted by molar-refractivity contribution is 5.29. The van der Waals surface area contributed by atoms with Crippen molar-refractivity contribution in [3.8, 4) is 5.75 Å². The van der Waals surface area contributed by atoms with Gasteiger partial charge in [-0.25, -0.2) is 4.39 Å². The van der Waals surface area contributed by atoms with Crippen LogP contribution in [-0.4, -0.2) is 21.8 Å². The minimum Gasteiger partial charge on any atom is -0.485 e. The fourth-order valence-electron chi connectivity index (χ4n) is 1.73. The summed E-state index contributed by atoms with van der Waals surface area (Å²) in [5.74, 6) is 1.70. The maximum absolute atomic E-state index is 13.4. The number of benzene rings is 1. The largest absolute Gasteiger partial charge is 0.485 e. The van der Waals surface area contributed by atoms with E-state index in [0.717, 1.165) is 11.4 Å². The van der Waals surface area contributed by atoms with E-state index < -0.39 is 0 Å². The summed E-state index contributed by atoms with van der Waals surface area (Å²) in [6.45, 7) is 2.72. The topological polar surface area (TPSA) is 52.0 Å². The summed E-state index contributed by atoms with van der Waals surface area (Å²) in [6, 6.07) is 4.65. The van der Waals surface area contributed by atoms with Gasteiger partial charge in [0.15, 0.2) is 5.82 Å². The zero-order valence-corrected chi connectivity index (χ0v) is 11.3. The number of nitrogens with zero attached hydrogens (tertiary/aromatic N) is 3. The van der Waals surface area contributed by atoms with E-state index in [1.54, 1.807) is 0 Å². The number of nitrogens with one attached hydrogen (secondary N) is 1. The van der Waals surface area contributed by atoms with E-state index in [9.17, 15) is 4.39 Å². The molecule has 1 aromatic heterocycles.